The van der Waals surface area contributed by atoms with E-state index in [1.165, 1.54) is 0 Å². The molecule has 0 saturated carbocycles. The van der Waals surface area contributed by atoms with Gasteiger partial charge in [0, 0.05) is 11.1 Å². The van der Waals surface area contributed by atoms with Crippen molar-refractivity contribution in [1.82, 2.24) is 0 Å². The molecule has 0 radical (unpaired) electrons. The minimum absolute atomic E-state index is 0.544. The molecule has 4 nitrogen and oxygen atoms in total. The molecule has 0 fully saturated rings. The van der Waals surface area contributed by atoms with Crippen molar-refractivity contribution >= 4 is 12.6 Å². The molecule has 0 aliphatic heterocycles. The Labute approximate surface area is 152 Å². The van der Waals surface area contributed by atoms with Crippen LogP contribution in [0.4, 0.5) is 0 Å². The van der Waals surface area contributed by atoms with E-state index in [-0.39, 0.29) is 0 Å². The first-order valence-electron chi connectivity index (χ1n) is 8.34. The van der Waals surface area contributed by atoms with Crippen molar-refractivity contribution in [2.24, 2.45) is 0 Å². The molecule has 0 bridgehead atoms. The van der Waals surface area contributed by atoms with E-state index in [0.29, 0.717) is 22.6 Å². The Kier molecular flexibility index (Phi) is 4.76. The third kappa shape index (κ3) is 3.45. The number of carbonyl (C=O) groups excluding carboxylic acids is 2. The highest BCUT2D eigenvalue weighted by Gasteiger charge is 2.47. The van der Waals surface area contributed by atoms with Gasteiger partial charge < -0.3 is 9.47 Å². The van der Waals surface area contributed by atoms with E-state index < -0.39 is 11.2 Å². The zero-order valence-electron chi connectivity index (χ0n) is 14.7. The van der Waals surface area contributed by atoms with Gasteiger partial charge in [-0.15, -0.1) is 0 Å². The van der Waals surface area contributed by atoms with Crippen LogP contribution in [0.2, 0.25) is 0 Å². The van der Waals surface area contributed by atoms with E-state index in [0.717, 1.165) is 12.6 Å². The fraction of sp³-hybridized carbons (Fsp3) is 0.182. The minimum Gasteiger partial charge on any atom is -0.479 e. The first-order chi connectivity index (χ1) is 12.5. The van der Waals surface area contributed by atoms with E-state index in [2.05, 4.69) is 0 Å². The number of ether oxygens (including phenoxy) is 2. The molecule has 2 unspecified atom stereocenters. The highest BCUT2D eigenvalue weighted by molar-refractivity contribution is 5.75. The summed E-state index contributed by atoms with van der Waals surface area (Å²) in [6.07, 6.45) is 9.21. The first kappa shape index (κ1) is 17.7. The third-order valence-electron chi connectivity index (χ3n) is 4.57. The SMILES string of the molecule is CC1(Oc2cccc(C=O)c2)C=CC=CC1(C)Oc1cccc(C=O)c1. The first-order valence-corrected chi connectivity index (χ1v) is 8.34. The summed E-state index contributed by atoms with van der Waals surface area (Å²) in [7, 11) is 0. The number of aldehydes is 2. The average Bonchev–Trinajstić information content (AvgIpc) is 2.64. The fourth-order valence-electron chi connectivity index (χ4n) is 2.87. The van der Waals surface area contributed by atoms with Gasteiger partial charge in [-0.1, -0.05) is 36.4 Å². The Morgan fingerprint density at radius 3 is 1.54 bits per heavy atom. The molecule has 3 rings (SSSR count). The van der Waals surface area contributed by atoms with Crippen LogP contribution in [0.25, 0.3) is 0 Å². The zero-order chi connectivity index (χ0) is 18.6. The molecule has 0 amide bonds. The molecule has 0 saturated heterocycles. The normalized spacial score (nSPS) is 24.1. The molecule has 26 heavy (non-hydrogen) atoms. The molecule has 2 aromatic rings. The fourth-order valence-corrected chi connectivity index (χ4v) is 2.87. The van der Waals surface area contributed by atoms with Crippen LogP contribution in [-0.2, 0) is 0 Å². The van der Waals surface area contributed by atoms with Crippen LogP contribution in [0.15, 0.2) is 72.8 Å². The van der Waals surface area contributed by atoms with Gasteiger partial charge >= 0.3 is 0 Å². The van der Waals surface area contributed by atoms with Crippen molar-refractivity contribution in [1.29, 1.82) is 0 Å². The van der Waals surface area contributed by atoms with Gasteiger partial charge in [-0.2, -0.15) is 0 Å². The Balaban J connectivity index is 1.92. The lowest BCUT2D eigenvalue weighted by molar-refractivity contribution is -0.0352. The van der Waals surface area contributed by atoms with Gasteiger partial charge in [0.1, 0.15) is 24.1 Å². The van der Waals surface area contributed by atoms with Crippen LogP contribution in [0.1, 0.15) is 34.6 Å². The second-order valence-electron chi connectivity index (χ2n) is 6.52. The lowest BCUT2D eigenvalue weighted by atomic mass is 9.81. The maximum absolute atomic E-state index is 11.0. The molecular weight excluding hydrogens is 328 g/mol. The molecular formula is C22H20O4. The number of hydrogen-bond acceptors (Lipinski definition) is 4. The van der Waals surface area contributed by atoms with Crippen molar-refractivity contribution in [2.45, 2.75) is 25.0 Å². The number of hydrogen-bond donors (Lipinski definition) is 0. The van der Waals surface area contributed by atoms with E-state index in [4.69, 9.17) is 9.47 Å². The lowest BCUT2D eigenvalue weighted by Crippen LogP contribution is -2.56. The van der Waals surface area contributed by atoms with Crippen LogP contribution in [0.3, 0.4) is 0 Å². The summed E-state index contributed by atoms with van der Waals surface area (Å²) in [5, 5.41) is 0. The van der Waals surface area contributed by atoms with Gasteiger partial charge in [0.05, 0.1) is 0 Å². The second kappa shape index (κ2) is 7.00. The molecule has 0 aromatic heterocycles. The van der Waals surface area contributed by atoms with Crippen molar-refractivity contribution in [3.63, 3.8) is 0 Å². The largest absolute Gasteiger partial charge is 0.479 e. The molecule has 4 heteroatoms. The molecule has 2 atom stereocenters. The summed E-state index contributed by atoms with van der Waals surface area (Å²) in [5.41, 5.74) is -0.550. The topological polar surface area (TPSA) is 52.6 Å². The molecule has 2 aromatic carbocycles. The van der Waals surface area contributed by atoms with E-state index in [1.807, 2.05) is 38.2 Å². The molecule has 0 heterocycles. The summed E-state index contributed by atoms with van der Waals surface area (Å²) < 4.78 is 12.5. The third-order valence-corrected chi connectivity index (χ3v) is 4.57. The Hall–Kier alpha value is -3.14. The van der Waals surface area contributed by atoms with Gasteiger partial charge in [-0.05, 0) is 50.3 Å². The van der Waals surface area contributed by atoms with E-state index in [9.17, 15) is 9.59 Å². The highest BCUT2D eigenvalue weighted by Crippen LogP contribution is 2.37. The van der Waals surface area contributed by atoms with Crippen molar-refractivity contribution in [3.8, 4) is 11.5 Å². The highest BCUT2D eigenvalue weighted by atomic mass is 16.6. The van der Waals surface area contributed by atoms with Crippen LogP contribution >= 0.6 is 0 Å². The van der Waals surface area contributed by atoms with Gasteiger partial charge in [-0.3, -0.25) is 9.59 Å². The van der Waals surface area contributed by atoms with Crippen molar-refractivity contribution in [2.75, 3.05) is 0 Å². The average molecular weight is 348 g/mol. The second-order valence-corrected chi connectivity index (χ2v) is 6.52. The summed E-state index contributed by atoms with van der Waals surface area (Å²) in [6.45, 7) is 3.84. The predicted octanol–water partition coefficient (Wildman–Crippen LogP) is 4.41. The number of benzene rings is 2. The van der Waals surface area contributed by atoms with E-state index >= 15 is 0 Å². The Morgan fingerprint density at radius 2 is 1.15 bits per heavy atom. The molecule has 0 spiro atoms. The number of rotatable bonds is 6. The van der Waals surface area contributed by atoms with Crippen molar-refractivity contribution in [3.05, 3.63) is 84.0 Å². The van der Waals surface area contributed by atoms with Crippen molar-refractivity contribution < 1.29 is 19.1 Å². The van der Waals surface area contributed by atoms with Crippen LogP contribution in [0.5, 0.6) is 11.5 Å². The standard InChI is InChI=1S/C22H20O4/c1-21(25-19-9-5-7-17(13-19)15-23)11-3-4-12-22(21,2)26-20-10-6-8-18(14-20)16-24/h3-16H,1-2H3. The van der Waals surface area contributed by atoms with Gasteiger partial charge in [0.15, 0.2) is 11.2 Å². The molecule has 132 valence electrons. The monoisotopic (exact) mass is 348 g/mol. The number of allylic oxidation sites excluding steroid dienone is 2. The van der Waals surface area contributed by atoms with Gasteiger partial charge in [0.25, 0.3) is 0 Å². The summed E-state index contributed by atoms with van der Waals surface area (Å²) in [6, 6.07) is 14.0. The maximum Gasteiger partial charge on any atom is 0.167 e. The number of carbonyl (C=O) groups is 2. The molecule has 1 aliphatic rings. The maximum atomic E-state index is 11.0. The summed E-state index contributed by atoms with van der Waals surface area (Å²) in [5.74, 6) is 1.15. The summed E-state index contributed by atoms with van der Waals surface area (Å²) >= 11 is 0. The summed E-state index contributed by atoms with van der Waals surface area (Å²) in [4.78, 5) is 22.1. The smallest absolute Gasteiger partial charge is 0.167 e. The Bertz CT molecular complexity index is 810. The van der Waals surface area contributed by atoms with Crippen LogP contribution in [-0.4, -0.2) is 23.8 Å². The van der Waals surface area contributed by atoms with Gasteiger partial charge in [-0.25, -0.2) is 0 Å². The van der Waals surface area contributed by atoms with Crippen LogP contribution < -0.4 is 9.47 Å². The molecule has 0 N–H and O–H groups in total. The lowest BCUT2D eigenvalue weighted by Gasteiger charge is -2.44. The molecule has 1 aliphatic carbocycles. The minimum atomic E-state index is -0.819. The van der Waals surface area contributed by atoms with Crippen LogP contribution in [0, 0.1) is 0 Å². The predicted molar refractivity (Wildman–Crippen MR) is 100 cm³/mol. The zero-order valence-corrected chi connectivity index (χ0v) is 14.7. The Morgan fingerprint density at radius 1 is 0.731 bits per heavy atom. The van der Waals surface area contributed by atoms with E-state index in [1.54, 1.807) is 48.5 Å². The quantitative estimate of drug-likeness (QED) is 0.726. The van der Waals surface area contributed by atoms with Gasteiger partial charge in [0.2, 0.25) is 0 Å².